The SMILES string of the molecule is COc1[c]cc(Br)cc1-c1ccc(Br)c(F)c1F. The van der Waals surface area contributed by atoms with Crippen molar-refractivity contribution < 1.29 is 13.5 Å². The summed E-state index contributed by atoms with van der Waals surface area (Å²) in [6.07, 6.45) is 0. The van der Waals surface area contributed by atoms with Gasteiger partial charge in [0.1, 0.15) is 5.75 Å². The lowest BCUT2D eigenvalue weighted by molar-refractivity contribution is 0.415. The van der Waals surface area contributed by atoms with Crippen LogP contribution in [-0.2, 0) is 0 Å². The minimum absolute atomic E-state index is 0.0849. The molecular weight excluding hydrogens is 370 g/mol. The Morgan fingerprint density at radius 2 is 1.83 bits per heavy atom. The average Bonchev–Trinajstić information content (AvgIpc) is 2.36. The summed E-state index contributed by atoms with van der Waals surface area (Å²) in [6, 6.07) is 9.09. The van der Waals surface area contributed by atoms with Crippen LogP contribution >= 0.6 is 31.9 Å². The molecule has 0 aliphatic rings. The first kappa shape index (κ1) is 13.5. The fourth-order valence-electron chi connectivity index (χ4n) is 1.56. The van der Waals surface area contributed by atoms with Crippen LogP contribution in [0.3, 0.4) is 0 Å². The number of rotatable bonds is 2. The number of hydrogen-bond acceptors (Lipinski definition) is 1. The highest BCUT2D eigenvalue weighted by molar-refractivity contribution is 9.10. The summed E-state index contributed by atoms with van der Waals surface area (Å²) in [4.78, 5) is 0. The van der Waals surface area contributed by atoms with Gasteiger partial charge in [-0.2, -0.15) is 0 Å². The Hall–Kier alpha value is -0.940. The zero-order valence-electron chi connectivity index (χ0n) is 9.23. The molecule has 0 bridgehead atoms. The molecule has 2 rings (SSSR count). The van der Waals surface area contributed by atoms with Gasteiger partial charge in [0.05, 0.1) is 11.6 Å². The van der Waals surface area contributed by atoms with Crippen molar-refractivity contribution in [2.24, 2.45) is 0 Å². The van der Waals surface area contributed by atoms with Gasteiger partial charge < -0.3 is 4.74 Å². The van der Waals surface area contributed by atoms with Gasteiger partial charge in [-0.25, -0.2) is 8.78 Å². The van der Waals surface area contributed by atoms with E-state index in [2.05, 4.69) is 37.9 Å². The maximum Gasteiger partial charge on any atom is 0.173 e. The normalized spacial score (nSPS) is 10.5. The molecule has 0 aromatic heterocycles. The van der Waals surface area contributed by atoms with Crippen LogP contribution in [0.25, 0.3) is 11.1 Å². The van der Waals surface area contributed by atoms with Crippen molar-refractivity contribution in [2.75, 3.05) is 7.11 Å². The molecular formula is C13H7Br2F2O. The summed E-state index contributed by atoms with van der Waals surface area (Å²) in [5, 5.41) is 0. The molecule has 0 unspecified atom stereocenters. The van der Waals surface area contributed by atoms with Crippen LogP contribution in [0.5, 0.6) is 5.75 Å². The van der Waals surface area contributed by atoms with E-state index in [9.17, 15) is 8.78 Å². The van der Waals surface area contributed by atoms with Crippen molar-refractivity contribution in [1.82, 2.24) is 0 Å². The minimum atomic E-state index is -0.922. The molecule has 2 aromatic rings. The third kappa shape index (κ3) is 2.42. The zero-order valence-corrected chi connectivity index (χ0v) is 12.4. The smallest absolute Gasteiger partial charge is 0.173 e. The molecule has 2 aromatic carbocycles. The summed E-state index contributed by atoms with van der Waals surface area (Å²) in [6.45, 7) is 0. The lowest BCUT2D eigenvalue weighted by Crippen LogP contribution is -1.94. The van der Waals surface area contributed by atoms with Gasteiger partial charge in [-0.3, -0.25) is 0 Å². The highest BCUT2D eigenvalue weighted by atomic mass is 79.9. The summed E-state index contributed by atoms with van der Waals surface area (Å²) < 4.78 is 33.3. The Labute approximate surface area is 120 Å². The lowest BCUT2D eigenvalue weighted by atomic mass is 10.0. The van der Waals surface area contributed by atoms with Gasteiger partial charge >= 0.3 is 0 Å². The number of ether oxygens (including phenoxy) is 1. The van der Waals surface area contributed by atoms with Crippen LogP contribution in [0, 0.1) is 17.7 Å². The molecule has 93 valence electrons. The third-order valence-electron chi connectivity index (χ3n) is 2.40. The molecule has 0 saturated heterocycles. The van der Waals surface area contributed by atoms with Crippen molar-refractivity contribution in [3.05, 3.63) is 50.9 Å². The molecule has 1 radical (unpaired) electrons. The Bertz CT molecular complexity index is 600. The van der Waals surface area contributed by atoms with Crippen LogP contribution in [0.15, 0.2) is 33.2 Å². The van der Waals surface area contributed by atoms with E-state index in [-0.39, 0.29) is 10.0 Å². The number of benzene rings is 2. The first-order chi connectivity index (χ1) is 8.54. The predicted molar refractivity (Wildman–Crippen MR) is 72.6 cm³/mol. The van der Waals surface area contributed by atoms with E-state index in [1.165, 1.54) is 19.2 Å². The highest BCUT2D eigenvalue weighted by Gasteiger charge is 2.16. The van der Waals surface area contributed by atoms with E-state index >= 15 is 0 Å². The standard InChI is InChI=1S/C13H7Br2F2O/c1-18-11-5-2-7(14)6-9(11)8-3-4-10(15)13(17)12(8)16/h2-4,6H,1H3. The average molecular weight is 377 g/mol. The van der Waals surface area contributed by atoms with Crippen molar-refractivity contribution in [3.8, 4) is 16.9 Å². The zero-order chi connectivity index (χ0) is 13.3. The van der Waals surface area contributed by atoms with Gasteiger partial charge in [0.15, 0.2) is 11.6 Å². The molecule has 0 N–H and O–H groups in total. The fourth-order valence-corrected chi connectivity index (χ4v) is 2.21. The summed E-state index contributed by atoms with van der Waals surface area (Å²) in [7, 11) is 1.45. The first-order valence-electron chi connectivity index (χ1n) is 4.93. The van der Waals surface area contributed by atoms with Gasteiger partial charge in [-0.1, -0.05) is 15.9 Å². The van der Waals surface area contributed by atoms with Gasteiger partial charge in [0.25, 0.3) is 0 Å². The van der Waals surface area contributed by atoms with E-state index in [4.69, 9.17) is 4.74 Å². The molecule has 0 saturated carbocycles. The second-order valence-electron chi connectivity index (χ2n) is 3.49. The van der Waals surface area contributed by atoms with Crippen LogP contribution < -0.4 is 4.74 Å². The molecule has 0 spiro atoms. The highest BCUT2D eigenvalue weighted by Crippen LogP contribution is 2.35. The fraction of sp³-hybridized carbons (Fsp3) is 0.0769. The first-order valence-corrected chi connectivity index (χ1v) is 6.52. The molecule has 5 heteroatoms. The second-order valence-corrected chi connectivity index (χ2v) is 5.26. The Morgan fingerprint density at radius 1 is 1.11 bits per heavy atom. The van der Waals surface area contributed by atoms with Crippen LogP contribution in [0.1, 0.15) is 0 Å². The van der Waals surface area contributed by atoms with Crippen molar-refractivity contribution in [2.45, 2.75) is 0 Å². The maximum absolute atomic E-state index is 13.9. The van der Waals surface area contributed by atoms with E-state index in [0.29, 0.717) is 15.8 Å². The van der Waals surface area contributed by atoms with Crippen LogP contribution in [0.4, 0.5) is 8.78 Å². The van der Waals surface area contributed by atoms with E-state index in [0.717, 1.165) is 0 Å². The van der Waals surface area contributed by atoms with Crippen LogP contribution in [-0.4, -0.2) is 7.11 Å². The summed E-state index contributed by atoms with van der Waals surface area (Å²) in [5.74, 6) is -1.48. The third-order valence-corrected chi connectivity index (χ3v) is 3.47. The van der Waals surface area contributed by atoms with Gasteiger partial charge in [0.2, 0.25) is 0 Å². The predicted octanol–water partition coefficient (Wildman–Crippen LogP) is 4.97. The van der Waals surface area contributed by atoms with Crippen molar-refractivity contribution in [1.29, 1.82) is 0 Å². The Morgan fingerprint density at radius 3 is 2.50 bits per heavy atom. The molecule has 0 heterocycles. The summed E-state index contributed by atoms with van der Waals surface area (Å²) in [5.41, 5.74) is 0.570. The Kier molecular flexibility index (Phi) is 4.02. The molecule has 0 fully saturated rings. The van der Waals surface area contributed by atoms with Gasteiger partial charge in [0, 0.05) is 21.7 Å². The molecule has 0 amide bonds. The second kappa shape index (κ2) is 5.36. The quantitative estimate of drug-likeness (QED) is 0.672. The minimum Gasteiger partial charge on any atom is -0.495 e. The molecule has 0 aliphatic carbocycles. The molecule has 0 aliphatic heterocycles. The van der Waals surface area contributed by atoms with Crippen molar-refractivity contribution in [3.63, 3.8) is 0 Å². The summed E-state index contributed by atoms with van der Waals surface area (Å²) >= 11 is 6.21. The number of methoxy groups -OCH3 is 1. The molecule has 1 nitrogen and oxygen atoms in total. The lowest BCUT2D eigenvalue weighted by Gasteiger charge is -2.10. The molecule has 0 atom stereocenters. The number of halogens is 4. The topological polar surface area (TPSA) is 9.23 Å². The van der Waals surface area contributed by atoms with E-state index in [1.807, 2.05) is 0 Å². The van der Waals surface area contributed by atoms with Crippen molar-refractivity contribution >= 4 is 31.9 Å². The molecule has 18 heavy (non-hydrogen) atoms. The van der Waals surface area contributed by atoms with Gasteiger partial charge in [-0.05, 0) is 40.2 Å². The Balaban J connectivity index is 2.69. The van der Waals surface area contributed by atoms with Gasteiger partial charge in [-0.15, -0.1) is 0 Å². The van der Waals surface area contributed by atoms with E-state index in [1.54, 1.807) is 12.1 Å². The van der Waals surface area contributed by atoms with Crippen LogP contribution in [0.2, 0.25) is 0 Å². The van der Waals surface area contributed by atoms with E-state index < -0.39 is 11.6 Å². The maximum atomic E-state index is 13.9. The monoisotopic (exact) mass is 375 g/mol. The largest absolute Gasteiger partial charge is 0.495 e. The number of hydrogen-bond donors (Lipinski definition) is 0.